The summed E-state index contributed by atoms with van der Waals surface area (Å²) in [6.45, 7) is 4.07. The van der Waals surface area contributed by atoms with Crippen LogP contribution in [0.1, 0.15) is 12.8 Å². The van der Waals surface area contributed by atoms with Gasteiger partial charge in [0.1, 0.15) is 6.61 Å². The second kappa shape index (κ2) is 3.20. The highest BCUT2D eigenvalue weighted by atomic mass is 16.5. The van der Waals surface area contributed by atoms with E-state index in [0.29, 0.717) is 6.61 Å². The van der Waals surface area contributed by atoms with Crippen LogP contribution in [0.25, 0.3) is 0 Å². The van der Waals surface area contributed by atoms with Crippen molar-refractivity contribution in [1.82, 2.24) is 0 Å². The van der Waals surface area contributed by atoms with Crippen LogP contribution in [0.3, 0.4) is 0 Å². The lowest BCUT2D eigenvalue weighted by atomic mass is 10.1. The number of ether oxygens (including phenoxy) is 1. The molecule has 0 saturated carbocycles. The maximum atomic E-state index is 10.5. The maximum Gasteiger partial charge on any atom is 0.331 e. The molecule has 1 rings (SSSR count). The highest BCUT2D eigenvalue weighted by Crippen LogP contribution is 2.11. The summed E-state index contributed by atoms with van der Waals surface area (Å²) in [4.78, 5) is 10.5. The fourth-order valence-corrected chi connectivity index (χ4v) is 0.846. The van der Waals surface area contributed by atoms with Gasteiger partial charge in [0, 0.05) is 6.08 Å². The van der Waals surface area contributed by atoms with Crippen LogP contribution in [-0.4, -0.2) is 12.6 Å². The molecule has 0 N–H and O–H groups in total. The van der Waals surface area contributed by atoms with Gasteiger partial charge in [-0.3, -0.25) is 0 Å². The number of carbonyl (C=O) groups excluding carboxylic acids is 1. The molecule has 1 aliphatic heterocycles. The van der Waals surface area contributed by atoms with Crippen molar-refractivity contribution in [2.75, 3.05) is 6.61 Å². The van der Waals surface area contributed by atoms with Gasteiger partial charge in [0.05, 0.1) is 0 Å². The molecular formula is C8H10O2. The molecule has 0 unspecified atom stereocenters. The van der Waals surface area contributed by atoms with Crippen molar-refractivity contribution in [3.63, 3.8) is 0 Å². The number of rotatable bonds is 3. The van der Waals surface area contributed by atoms with Crippen molar-refractivity contribution < 1.29 is 9.53 Å². The molecule has 0 aromatic carbocycles. The molecule has 2 heteroatoms. The highest BCUT2D eigenvalue weighted by Gasteiger charge is 2.10. The Labute approximate surface area is 60.2 Å². The van der Waals surface area contributed by atoms with Crippen molar-refractivity contribution in [1.29, 1.82) is 0 Å². The van der Waals surface area contributed by atoms with Crippen molar-refractivity contribution in [2.24, 2.45) is 0 Å². The standard InChI is InChI=1S/C8H10O2/c1-2-3-4-7-5-8(9)10-6-7/h2,5H,1,3-4,6H2. The van der Waals surface area contributed by atoms with Crippen LogP contribution < -0.4 is 0 Å². The molecule has 0 amide bonds. The lowest BCUT2D eigenvalue weighted by molar-refractivity contribution is -0.134. The topological polar surface area (TPSA) is 26.3 Å². The van der Waals surface area contributed by atoms with Gasteiger partial charge in [-0.2, -0.15) is 0 Å². The van der Waals surface area contributed by atoms with E-state index < -0.39 is 0 Å². The summed E-state index contributed by atoms with van der Waals surface area (Å²) in [5, 5.41) is 0. The van der Waals surface area contributed by atoms with Crippen LogP contribution >= 0.6 is 0 Å². The van der Waals surface area contributed by atoms with Gasteiger partial charge in [-0.1, -0.05) is 6.08 Å². The molecule has 0 aromatic heterocycles. The summed E-state index contributed by atoms with van der Waals surface area (Å²) in [6.07, 6.45) is 5.21. The fourth-order valence-electron chi connectivity index (χ4n) is 0.846. The molecular weight excluding hydrogens is 128 g/mol. The molecule has 1 aliphatic rings. The van der Waals surface area contributed by atoms with Crippen LogP contribution in [0.15, 0.2) is 24.3 Å². The number of hydrogen-bond donors (Lipinski definition) is 0. The summed E-state index contributed by atoms with van der Waals surface area (Å²) in [7, 11) is 0. The predicted molar refractivity (Wildman–Crippen MR) is 38.5 cm³/mol. The summed E-state index contributed by atoms with van der Waals surface area (Å²) >= 11 is 0. The molecule has 0 aromatic rings. The smallest absolute Gasteiger partial charge is 0.331 e. The molecule has 10 heavy (non-hydrogen) atoms. The molecule has 54 valence electrons. The summed E-state index contributed by atoms with van der Waals surface area (Å²) in [5.74, 6) is -0.209. The first-order chi connectivity index (χ1) is 4.83. The molecule has 0 spiro atoms. The molecule has 0 radical (unpaired) electrons. The van der Waals surface area contributed by atoms with E-state index in [9.17, 15) is 4.79 Å². The number of allylic oxidation sites excluding steroid dienone is 1. The molecule has 1 heterocycles. The minimum absolute atomic E-state index is 0.209. The Morgan fingerprint density at radius 1 is 1.80 bits per heavy atom. The Balaban J connectivity index is 2.35. The zero-order valence-corrected chi connectivity index (χ0v) is 5.80. The number of esters is 1. The molecule has 0 saturated heterocycles. The third-order valence-electron chi connectivity index (χ3n) is 1.39. The summed E-state index contributed by atoms with van der Waals surface area (Å²) < 4.78 is 4.70. The lowest BCUT2D eigenvalue weighted by Crippen LogP contribution is -1.91. The SMILES string of the molecule is C=CCCC1=CC(=O)OC1. The molecule has 2 nitrogen and oxygen atoms in total. The van der Waals surface area contributed by atoms with Crippen LogP contribution in [0.2, 0.25) is 0 Å². The van der Waals surface area contributed by atoms with Gasteiger partial charge in [0.15, 0.2) is 0 Å². The largest absolute Gasteiger partial charge is 0.458 e. The fraction of sp³-hybridized carbons (Fsp3) is 0.375. The van der Waals surface area contributed by atoms with Gasteiger partial charge in [-0.25, -0.2) is 4.79 Å². The lowest BCUT2D eigenvalue weighted by Gasteiger charge is -1.94. The Morgan fingerprint density at radius 2 is 2.60 bits per heavy atom. The number of carbonyl (C=O) groups is 1. The van der Waals surface area contributed by atoms with Gasteiger partial charge in [0.25, 0.3) is 0 Å². The molecule has 0 atom stereocenters. The summed E-state index contributed by atoms with van der Waals surface area (Å²) in [6, 6.07) is 0. The normalized spacial score (nSPS) is 16.4. The zero-order valence-electron chi connectivity index (χ0n) is 5.80. The Kier molecular flexibility index (Phi) is 2.26. The average Bonchev–Trinajstić information content (AvgIpc) is 2.31. The molecule has 0 aliphatic carbocycles. The zero-order chi connectivity index (χ0) is 7.40. The summed E-state index contributed by atoms with van der Waals surface area (Å²) in [5.41, 5.74) is 1.07. The minimum atomic E-state index is -0.209. The van der Waals surface area contributed by atoms with Gasteiger partial charge in [0.2, 0.25) is 0 Å². The van der Waals surface area contributed by atoms with Crippen LogP contribution in [0.5, 0.6) is 0 Å². The second-order valence-corrected chi connectivity index (χ2v) is 2.24. The first-order valence-electron chi connectivity index (χ1n) is 3.30. The van der Waals surface area contributed by atoms with Gasteiger partial charge < -0.3 is 4.74 Å². The Bertz CT molecular complexity index is 180. The maximum absolute atomic E-state index is 10.5. The minimum Gasteiger partial charge on any atom is -0.458 e. The first kappa shape index (κ1) is 7.06. The van der Waals surface area contributed by atoms with Crippen molar-refractivity contribution in [2.45, 2.75) is 12.8 Å². The van der Waals surface area contributed by atoms with Crippen LogP contribution in [0.4, 0.5) is 0 Å². The monoisotopic (exact) mass is 138 g/mol. The highest BCUT2D eigenvalue weighted by molar-refractivity contribution is 5.85. The van der Waals surface area contributed by atoms with E-state index in [2.05, 4.69) is 6.58 Å². The Morgan fingerprint density at radius 3 is 3.10 bits per heavy atom. The van der Waals surface area contributed by atoms with E-state index in [1.165, 1.54) is 0 Å². The van der Waals surface area contributed by atoms with Crippen LogP contribution in [-0.2, 0) is 9.53 Å². The van der Waals surface area contributed by atoms with Crippen molar-refractivity contribution >= 4 is 5.97 Å². The number of cyclic esters (lactones) is 1. The van der Waals surface area contributed by atoms with E-state index in [4.69, 9.17) is 4.74 Å². The number of hydrogen-bond acceptors (Lipinski definition) is 2. The van der Waals surface area contributed by atoms with E-state index in [1.54, 1.807) is 6.08 Å². The second-order valence-electron chi connectivity index (χ2n) is 2.24. The van der Waals surface area contributed by atoms with Crippen LogP contribution in [0, 0.1) is 0 Å². The van der Waals surface area contributed by atoms with Gasteiger partial charge >= 0.3 is 5.97 Å². The molecule has 0 fully saturated rings. The van der Waals surface area contributed by atoms with Gasteiger partial charge in [-0.15, -0.1) is 6.58 Å². The van der Waals surface area contributed by atoms with Gasteiger partial charge in [-0.05, 0) is 18.4 Å². The average molecular weight is 138 g/mol. The quantitative estimate of drug-likeness (QED) is 0.435. The van der Waals surface area contributed by atoms with E-state index in [0.717, 1.165) is 18.4 Å². The first-order valence-corrected chi connectivity index (χ1v) is 3.30. The Hall–Kier alpha value is -1.05. The van der Waals surface area contributed by atoms with E-state index in [1.807, 2.05) is 6.08 Å². The third kappa shape index (κ3) is 1.72. The third-order valence-corrected chi connectivity index (χ3v) is 1.39. The van der Waals surface area contributed by atoms with Crippen molar-refractivity contribution in [3.05, 3.63) is 24.3 Å². The van der Waals surface area contributed by atoms with E-state index >= 15 is 0 Å². The van der Waals surface area contributed by atoms with Crippen molar-refractivity contribution in [3.8, 4) is 0 Å². The van der Waals surface area contributed by atoms with E-state index in [-0.39, 0.29) is 5.97 Å². The predicted octanol–water partition coefficient (Wildman–Crippen LogP) is 1.44. The molecule has 0 bridgehead atoms.